The maximum Gasteiger partial charge on any atom is 0.128 e. The van der Waals surface area contributed by atoms with Crippen LogP contribution in [0.25, 0.3) is 16.3 Å². The van der Waals surface area contributed by atoms with E-state index in [1.807, 2.05) is 44.3 Å². The molecule has 0 N–H and O–H groups in total. The average Bonchev–Trinajstić information content (AvgIpc) is 2.59. The molecule has 0 atom stereocenters. The van der Waals surface area contributed by atoms with E-state index in [-0.39, 0.29) is 0 Å². The highest BCUT2D eigenvalue weighted by atomic mass is 16.5. The van der Waals surface area contributed by atoms with Gasteiger partial charge in [0, 0.05) is 22.7 Å². The average molecular weight is 312 g/mol. The first-order valence-corrected chi connectivity index (χ1v) is 7.87. The molecule has 2 aromatic carbocycles. The van der Waals surface area contributed by atoms with E-state index in [1.54, 1.807) is 6.07 Å². The fourth-order valence-corrected chi connectivity index (χ4v) is 3.08. The van der Waals surface area contributed by atoms with E-state index in [9.17, 15) is 5.26 Å². The molecule has 0 saturated heterocycles. The molecule has 3 nitrogen and oxygen atoms in total. The zero-order valence-electron chi connectivity index (χ0n) is 13.6. The van der Waals surface area contributed by atoms with Gasteiger partial charge in [-0.3, -0.25) is 4.98 Å². The van der Waals surface area contributed by atoms with Crippen LogP contribution in [0.3, 0.4) is 0 Å². The van der Waals surface area contributed by atoms with Crippen LogP contribution in [0.1, 0.15) is 30.7 Å². The Hall–Kier alpha value is -3.12. The predicted octanol–water partition coefficient (Wildman–Crippen LogP) is 4.71. The normalized spacial score (nSPS) is 15.1. The number of benzene rings is 2. The lowest BCUT2D eigenvalue weighted by molar-refractivity contribution is 0.158. The molecule has 3 aromatic rings. The Bertz CT molecular complexity index is 1030. The highest BCUT2D eigenvalue weighted by molar-refractivity contribution is 5.89. The molecule has 1 aliphatic heterocycles. The first-order chi connectivity index (χ1) is 11.6. The molecule has 0 radical (unpaired) electrons. The number of fused-ring (bicyclic) bond motifs is 2. The molecular formula is C21H16N2O. The Kier molecular flexibility index (Phi) is 3.14. The van der Waals surface area contributed by atoms with Crippen LogP contribution in [0.2, 0.25) is 0 Å². The summed E-state index contributed by atoms with van der Waals surface area (Å²) in [6.07, 6.45) is 3.97. The second kappa shape index (κ2) is 5.21. The molecule has 0 spiro atoms. The molecule has 24 heavy (non-hydrogen) atoms. The summed E-state index contributed by atoms with van der Waals surface area (Å²) in [5.41, 5.74) is 2.99. The second-order valence-corrected chi connectivity index (χ2v) is 6.50. The Morgan fingerprint density at radius 2 is 1.83 bits per heavy atom. The smallest absolute Gasteiger partial charge is 0.128 e. The van der Waals surface area contributed by atoms with Crippen molar-refractivity contribution in [3.8, 4) is 11.8 Å². The zero-order valence-corrected chi connectivity index (χ0v) is 13.6. The molecule has 1 aliphatic rings. The SMILES string of the molecule is CC1(C)C=C(c2cc3ccccc3cn2)c2cc(C#N)ccc2O1. The highest BCUT2D eigenvalue weighted by Gasteiger charge is 2.28. The van der Waals surface area contributed by atoms with Crippen molar-refractivity contribution in [2.24, 2.45) is 0 Å². The molecule has 2 heterocycles. The number of ether oxygens (including phenoxy) is 1. The van der Waals surface area contributed by atoms with E-state index >= 15 is 0 Å². The van der Waals surface area contributed by atoms with E-state index in [1.165, 1.54) is 0 Å². The van der Waals surface area contributed by atoms with Crippen molar-refractivity contribution >= 4 is 16.3 Å². The summed E-state index contributed by atoms with van der Waals surface area (Å²) in [5, 5.41) is 11.5. The minimum Gasteiger partial charge on any atom is -0.483 e. The van der Waals surface area contributed by atoms with Gasteiger partial charge in [-0.05, 0) is 49.6 Å². The number of pyridine rings is 1. The van der Waals surface area contributed by atoms with E-state index in [4.69, 9.17) is 4.74 Å². The van der Waals surface area contributed by atoms with Crippen molar-refractivity contribution in [1.29, 1.82) is 5.26 Å². The molecule has 0 bridgehead atoms. The van der Waals surface area contributed by atoms with Gasteiger partial charge in [-0.2, -0.15) is 5.26 Å². The highest BCUT2D eigenvalue weighted by Crippen LogP contribution is 2.39. The van der Waals surface area contributed by atoms with Crippen LogP contribution in [0.4, 0.5) is 0 Å². The summed E-state index contributed by atoms with van der Waals surface area (Å²) in [6, 6.07) is 18.0. The molecule has 116 valence electrons. The van der Waals surface area contributed by atoms with Crippen LogP contribution in [0.5, 0.6) is 5.75 Å². The number of nitrogens with zero attached hydrogens (tertiary/aromatic N) is 2. The van der Waals surface area contributed by atoms with Gasteiger partial charge in [-0.1, -0.05) is 24.3 Å². The van der Waals surface area contributed by atoms with Crippen LogP contribution >= 0.6 is 0 Å². The number of aromatic nitrogens is 1. The summed E-state index contributed by atoms with van der Waals surface area (Å²) in [4.78, 5) is 4.64. The number of hydrogen-bond acceptors (Lipinski definition) is 3. The lowest BCUT2D eigenvalue weighted by Crippen LogP contribution is -2.29. The minimum absolute atomic E-state index is 0.427. The first-order valence-electron chi connectivity index (χ1n) is 7.87. The molecule has 0 aliphatic carbocycles. The molecule has 0 fully saturated rings. The van der Waals surface area contributed by atoms with Crippen molar-refractivity contribution < 1.29 is 4.74 Å². The van der Waals surface area contributed by atoms with Crippen LogP contribution in [0, 0.1) is 11.3 Å². The standard InChI is InChI=1S/C21H16N2O/c1-21(2)11-18(17-9-14(12-22)7-8-20(17)24-21)19-10-15-5-3-4-6-16(15)13-23-19/h3-11,13H,1-2H3. The van der Waals surface area contributed by atoms with Crippen molar-refractivity contribution in [1.82, 2.24) is 4.98 Å². The second-order valence-electron chi connectivity index (χ2n) is 6.50. The topological polar surface area (TPSA) is 45.9 Å². The zero-order chi connectivity index (χ0) is 16.7. The molecule has 0 amide bonds. The maximum atomic E-state index is 9.21. The van der Waals surface area contributed by atoms with Crippen molar-refractivity contribution in [3.05, 3.63) is 77.6 Å². The molecule has 1 aromatic heterocycles. The van der Waals surface area contributed by atoms with Crippen molar-refractivity contribution in [2.45, 2.75) is 19.4 Å². The molecule has 4 rings (SSSR count). The van der Waals surface area contributed by atoms with E-state index in [2.05, 4.69) is 35.3 Å². The lowest BCUT2D eigenvalue weighted by atomic mass is 9.91. The third-order valence-electron chi connectivity index (χ3n) is 4.17. The number of rotatable bonds is 1. The lowest BCUT2D eigenvalue weighted by Gasteiger charge is -2.31. The van der Waals surface area contributed by atoms with Crippen LogP contribution < -0.4 is 4.74 Å². The summed E-state index contributed by atoms with van der Waals surface area (Å²) < 4.78 is 6.04. The molecular weight excluding hydrogens is 296 g/mol. The number of nitriles is 1. The molecule has 0 saturated carbocycles. The molecule has 3 heteroatoms. The largest absolute Gasteiger partial charge is 0.483 e. The Morgan fingerprint density at radius 1 is 1.04 bits per heavy atom. The van der Waals surface area contributed by atoms with Gasteiger partial charge in [0.1, 0.15) is 11.4 Å². The van der Waals surface area contributed by atoms with Gasteiger partial charge in [0.2, 0.25) is 0 Å². The van der Waals surface area contributed by atoms with Gasteiger partial charge in [-0.25, -0.2) is 0 Å². The van der Waals surface area contributed by atoms with Gasteiger partial charge in [0.05, 0.1) is 17.3 Å². The third kappa shape index (κ3) is 2.43. The minimum atomic E-state index is -0.427. The predicted molar refractivity (Wildman–Crippen MR) is 94.7 cm³/mol. The molecule has 0 unspecified atom stereocenters. The van der Waals surface area contributed by atoms with E-state index < -0.39 is 5.60 Å². The Morgan fingerprint density at radius 3 is 2.62 bits per heavy atom. The third-order valence-corrected chi connectivity index (χ3v) is 4.17. The fourth-order valence-electron chi connectivity index (χ4n) is 3.08. The van der Waals surface area contributed by atoms with Crippen LogP contribution in [-0.2, 0) is 0 Å². The summed E-state index contributed by atoms with van der Waals surface area (Å²) in [5.74, 6) is 0.784. The first kappa shape index (κ1) is 14.5. The Labute approximate surface area is 140 Å². The quantitative estimate of drug-likeness (QED) is 0.653. The fraction of sp³-hybridized carbons (Fsp3) is 0.143. The monoisotopic (exact) mass is 312 g/mol. The van der Waals surface area contributed by atoms with Crippen molar-refractivity contribution in [2.75, 3.05) is 0 Å². The van der Waals surface area contributed by atoms with Gasteiger partial charge in [0.25, 0.3) is 0 Å². The summed E-state index contributed by atoms with van der Waals surface area (Å²) in [6.45, 7) is 4.05. The van der Waals surface area contributed by atoms with Gasteiger partial charge < -0.3 is 4.74 Å². The maximum absolute atomic E-state index is 9.21. The van der Waals surface area contributed by atoms with Crippen LogP contribution in [0.15, 0.2) is 60.8 Å². The van der Waals surface area contributed by atoms with Crippen molar-refractivity contribution in [3.63, 3.8) is 0 Å². The van der Waals surface area contributed by atoms with E-state index in [0.717, 1.165) is 33.4 Å². The van der Waals surface area contributed by atoms with E-state index in [0.29, 0.717) is 5.56 Å². The van der Waals surface area contributed by atoms with Gasteiger partial charge >= 0.3 is 0 Å². The Balaban J connectivity index is 1.94. The number of hydrogen-bond donors (Lipinski definition) is 0. The summed E-state index contributed by atoms with van der Waals surface area (Å²) >= 11 is 0. The van der Waals surface area contributed by atoms with Gasteiger partial charge in [0.15, 0.2) is 0 Å². The van der Waals surface area contributed by atoms with Crippen LogP contribution in [-0.4, -0.2) is 10.6 Å². The summed E-state index contributed by atoms with van der Waals surface area (Å²) in [7, 11) is 0. The van der Waals surface area contributed by atoms with Gasteiger partial charge in [-0.15, -0.1) is 0 Å².